The molecule has 0 saturated heterocycles. The smallest absolute Gasteiger partial charge is 0.306 e. The van der Waals surface area contributed by atoms with Crippen molar-refractivity contribution < 1.29 is 19.1 Å². The topological polar surface area (TPSA) is 76.4 Å². The molecule has 0 rings (SSSR count). The standard InChI is InChI=1S/C12H15NO4/c1-2-9-16-11(14)6-3-4-7-12(15)17-10-5-8-13/h1H,3-7,9-10H2. The number of unbranched alkanes of at least 4 members (excludes halogenated alkanes) is 1. The van der Waals surface area contributed by atoms with Gasteiger partial charge in [0, 0.05) is 12.8 Å². The predicted molar refractivity (Wildman–Crippen MR) is 59.4 cm³/mol. The van der Waals surface area contributed by atoms with Crippen molar-refractivity contribution in [3.8, 4) is 18.4 Å². The minimum atomic E-state index is -0.360. The Bertz CT molecular complexity index is 324. The van der Waals surface area contributed by atoms with E-state index < -0.39 is 0 Å². The summed E-state index contributed by atoms with van der Waals surface area (Å²) in [5.41, 5.74) is 0. The number of hydrogen-bond donors (Lipinski definition) is 0. The van der Waals surface area contributed by atoms with Gasteiger partial charge in [-0.3, -0.25) is 9.59 Å². The molecule has 0 radical (unpaired) electrons. The lowest BCUT2D eigenvalue weighted by molar-refractivity contribution is -0.145. The molecule has 5 heteroatoms. The van der Waals surface area contributed by atoms with Gasteiger partial charge in [-0.2, -0.15) is 5.26 Å². The van der Waals surface area contributed by atoms with Gasteiger partial charge in [0.15, 0.2) is 6.61 Å². The van der Waals surface area contributed by atoms with Crippen LogP contribution in [-0.4, -0.2) is 25.2 Å². The Balaban J connectivity index is 3.39. The van der Waals surface area contributed by atoms with Crippen molar-refractivity contribution in [1.29, 1.82) is 5.26 Å². The normalized spacial score (nSPS) is 8.82. The molecular weight excluding hydrogens is 222 g/mol. The van der Waals surface area contributed by atoms with E-state index in [0.717, 1.165) is 0 Å². The first-order chi connectivity index (χ1) is 8.20. The van der Waals surface area contributed by atoms with Crippen LogP contribution in [0.2, 0.25) is 0 Å². The largest absolute Gasteiger partial charge is 0.465 e. The first-order valence-corrected chi connectivity index (χ1v) is 5.32. The van der Waals surface area contributed by atoms with Crippen LogP contribution in [0.15, 0.2) is 0 Å². The third kappa shape index (κ3) is 10.3. The van der Waals surface area contributed by atoms with Crippen LogP contribution in [-0.2, 0) is 19.1 Å². The molecule has 0 aliphatic carbocycles. The highest BCUT2D eigenvalue weighted by Gasteiger charge is 2.05. The average molecular weight is 237 g/mol. The number of carbonyl (C=O) groups excluding carboxylic acids is 2. The molecule has 0 aliphatic heterocycles. The van der Waals surface area contributed by atoms with Crippen LogP contribution < -0.4 is 0 Å². The fraction of sp³-hybridized carbons (Fsp3) is 0.583. The summed E-state index contributed by atoms with van der Waals surface area (Å²) in [5.74, 6) is 1.48. The molecule has 92 valence electrons. The molecule has 0 spiro atoms. The average Bonchev–Trinajstić information content (AvgIpc) is 2.32. The molecule has 0 unspecified atom stereocenters. The van der Waals surface area contributed by atoms with Gasteiger partial charge in [-0.25, -0.2) is 0 Å². The van der Waals surface area contributed by atoms with E-state index in [1.54, 1.807) is 0 Å². The van der Waals surface area contributed by atoms with Crippen LogP contribution in [0, 0.1) is 23.7 Å². The maximum atomic E-state index is 11.1. The van der Waals surface area contributed by atoms with Crippen molar-refractivity contribution in [3.63, 3.8) is 0 Å². The number of terminal acetylenes is 1. The van der Waals surface area contributed by atoms with Crippen molar-refractivity contribution in [2.24, 2.45) is 0 Å². The number of nitriles is 1. The Kier molecular flexibility index (Phi) is 9.26. The molecule has 0 amide bonds. The van der Waals surface area contributed by atoms with Crippen LogP contribution in [0.25, 0.3) is 0 Å². The number of nitrogens with zero attached hydrogens (tertiary/aromatic N) is 1. The highest BCUT2D eigenvalue weighted by Crippen LogP contribution is 2.03. The second kappa shape index (κ2) is 10.5. The van der Waals surface area contributed by atoms with E-state index in [2.05, 4.69) is 10.7 Å². The predicted octanol–water partition coefficient (Wildman–Crippen LogP) is 1.18. The number of rotatable bonds is 8. The van der Waals surface area contributed by atoms with Gasteiger partial charge in [0.1, 0.15) is 6.61 Å². The number of ether oxygens (including phenoxy) is 2. The molecular formula is C12H15NO4. The van der Waals surface area contributed by atoms with Crippen molar-refractivity contribution in [2.45, 2.75) is 32.1 Å². The molecule has 0 aliphatic rings. The Morgan fingerprint density at radius 3 is 2.24 bits per heavy atom. The summed E-state index contributed by atoms with van der Waals surface area (Å²) in [7, 11) is 0. The van der Waals surface area contributed by atoms with Crippen LogP contribution in [0.3, 0.4) is 0 Å². The maximum absolute atomic E-state index is 11.1. The Labute approximate surface area is 101 Å². The molecule has 0 aromatic heterocycles. The second-order valence-electron chi connectivity index (χ2n) is 3.20. The van der Waals surface area contributed by atoms with E-state index in [1.807, 2.05) is 6.07 Å². The van der Waals surface area contributed by atoms with E-state index in [1.165, 1.54) is 0 Å². The SMILES string of the molecule is C#CCOC(=O)CCCCC(=O)OCCC#N. The second-order valence-corrected chi connectivity index (χ2v) is 3.20. The third-order valence-electron chi connectivity index (χ3n) is 1.81. The zero-order valence-corrected chi connectivity index (χ0v) is 9.61. The van der Waals surface area contributed by atoms with Crippen LogP contribution in [0.4, 0.5) is 0 Å². The molecule has 0 fully saturated rings. The molecule has 0 saturated carbocycles. The Hall–Kier alpha value is -2.01. The number of esters is 2. The molecule has 0 atom stereocenters. The molecule has 0 bridgehead atoms. The Morgan fingerprint density at radius 1 is 1.12 bits per heavy atom. The molecule has 0 aromatic carbocycles. The number of carbonyl (C=O) groups is 2. The van der Waals surface area contributed by atoms with Crippen LogP contribution >= 0.6 is 0 Å². The monoisotopic (exact) mass is 237 g/mol. The summed E-state index contributed by atoms with van der Waals surface area (Å²) in [5, 5.41) is 8.22. The lowest BCUT2D eigenvalue weighted by atomic mass is 10.2. The lowest BCUT2D eigenvalue weighted by Gasteiger charge is -2.02. The van der Waals surface area contributed by atoms with Gasteiger partial charge < -0.3 is 9.47 Å². The van der Waals surface area contributed by atoms with Crippen molar-refractivity contribution in [3.05, 3.63) is 0 Å². The van der Waals surface area contributed by atoms with E-state index in [0.29, 0.717) is 12.8 Å². The van der Waals surface area contributed by atoms with Crippen molar-refractivity contribution in [2.75, 3.05) is 13.2 Å². The van der Waals surface area contributed by atoms with E-state index in [-0.39, 0.29) is 44.4 Å². The molecule has 0 aromatic rings. The number of hydrogen-bond acceptors (Lipinski definition) is 5. The zero-order chi connectivity index (χ0) is 12.9. The molecule has 0 heterocycles. The van der Waals surface area contributed by atoms with Crippen LogP contribution in [0.5, 0.6) is 0 Å². The van der Waals surface area contributed by atoms with Crippen molar-refractivity contribution in [1.82, 2.24) is 0 Å². The van der Waals surface area contributed by atoms with Gasteiger partial charge in [0.05, 0.1) is 12.5 Å². The third-order valence-corrected chi connectivity index (χ3v) is 1.81. The fourth-order valence-electron chi connectivity index (χ4n) is 1.02. The summed E-state index contributed by atoms with van der Waals surface area (Å²) in [6.45, 7) is 0.106. The fourth-order valence-corrected chi connectivity index (χ4v) is 1.02. The van der Waals surface area contributed by atoms with Crippen molar-refractivity contribution >= 4 is 11.9 Å². The van der Waals surface area contributed by atoms with Gasteiger partial charge in [-0.05, 0) is 12.8 Å². The highest BCUT2D eigenvalue weighted by atomic mass is 16.5. The molecule has 0 N–H and O–H groups in total. The summed E-state index contributed by atoms with van der Waals surface area (Å²) in [4.78, 5) is 22.0. The lowest BCUT2D eigenvalue weighted by Crippen LogP contribution is -2.07. The first kappa shape index (κ1) is 15.0. The quantitative estimate of drug-likeness (QED) is 0.360. The van der Waals surface area contributed by atoms with Gasteiger partial charge >= 0.3 is 11.9 Å². The Morgan fingerprint density at radius 2 is 1.71 bits per heavy atom. The summed E-state index contributed by atoms with van der Waals surface area (Å²) >= 11 is 0. The molecule has 5 nitrogen and oxygen atoms in total. The van der Waals surface area contributed by atoms with Gasteiger partial charge in [-0.1, -0.05) is 5.92 Å². The van der Waals surface area contributed by atoms with Crippen LogP contribution in [0.1, 0.15) is 32.1 Å². The first-order valence-electron chi connectivity index (χ1n) is 5.32. The maximum Gasteiger partial charge on any atom is 0.306 e. The van der Waals surface area contributed by atoms with E-state index in [4.69, 9.17) is 16.4 Å². The summed E-state index contributed by atoms with van der Waals surface area (Å²) in [6.07, 6.45) is 6.71. The van der Waals surface area contributed by atoms with Gasteiger partial charge in [0.2, 0.25) is 0 Å². The summed E-state index contributed by atoms with van der Waals surface area (Å²) in [6, 6.07) is 1.87. The zero-order valence-electron chi connectivity index (χ0n) is 9.61. The highest BCUT2D eigenvalue weighted by molar-refractivity contribution is 5.70. The van der Waals surface area contributed by atoms with Gasteiger partial charge in [-0.15, -0.1) is 6.42 Å². The molecule has 17 heavy (non-hydrogen) atoms. The van der Waals surface area contributed by atoms with Gasteiger partial charge in [0.25, 0.3) is 0 Å². The van der Waals surface area contributed by atoms with E-state index >= 15 is 0 Å². The summed E-state index contributed by atoms with van der Waals surface area (Å²) < 4.78 is 9.40. The minimum absolute atomic E-state index is 0.0188. The minimum Gasteiger partial charge on any atom is -0.465 e. The van der Waals surface area contributed by atoms with E-state index in [9.17, 15) is 9.59 Å².